The van der Waals surface area contributed by atoms with Crippen LogP contribution in [-0.2, 0) is 4.79 Å². The van der Waals surface area contributed by atoms with Gasteiger partial charge in [-0.2, -0.15) is 0 Å². The minimum Gasteiger partial charge on any atom is -0.374 e. The highest BCUT2D eigenvalue weighted by atomic mass is 35.5. The van der Waals surface area contributed by atoms with Crippen LogP contribution >= 0.6 is 11.6 Å². The Hall–Kier alpha value is -2.14. The summed E-state index contributed by atoms with van der Waals surface area (Å²) >= 11 is 5.68. The van der Waals surface area contributed by atoms with Gasteiger partial charge in [0.15, 0.2) is 0 Å². The number of benzene rings is 2. The fraction of sp³-hybridized carbons (Fsp3) is 0.235. The molecule has 2 aromatic carbocycles. The Morgan fingerprint density at radius 2 is 1.87 bits per heavy atom. The molecular formula is C17H17ClF2N2O. The van der Waals surface area contributed by atoms with Gasteiger partial charge in [0.1, 0.15) is 11.6 Å². The number of rotatable bonds is 5. The molecule has 0 aromatic heterocycles. The summed E-state index contributed by atoms with van der Waals surface area (Å²) in [5.74, 6) is -1.05. The predicted molar refractivity (Wildman–Crippen MR) is 87.5 cm³/mol. The Morgan fingerprint density at radius 3 is 2.48 bits per heavy atom. The van der Waals surface area contributed by atoms with Crippen LogP contribution in [0.1, 0.15) is 18.5 Å². The van der Waals surface area contributed by atoms with E-state index in [-0.39, 0.29) is 30.0 Å². The van der Waals surface area contributed by atoms with Crippen molar-refractivity contribution in [1.29, 1.82) is 0 Å². The zero-order valence-corrected chi connectivity index (χ0v) is 13.6. The average molecular weight is 339 g/mol. The van der Waals surface area contributed by atoms with Crippen LogP contribution in [0.25, 0.3) is 0 Å². The second-order valence-electron chi connectivity index (χ2n) is 5.21. The molecule has 0 fully saturated rings. The van der Waals surface area contributed by atoms with Gasteiger partial charge < -0.3 is 10.2 Å². The molecule has 3 nitrogen and oxygen atoms in total. The number of carbonyl (C=O) groups excluding carboxylic acids is 1. The molecular weight excluding hydrogens is 322 g/mol. The lowest BCUT2D eigenvalue weighted by molar-refractivity contribution is -0.129. The average Bonchev–Trinajstić information content (AvgIpc) is 2.53. The summed E-state index contributed by atoms with van der Waals surface area (Å²) in [6.45, 7) is 1.79. The number of hydrogen-bond donors (Lipinski definition) is 1. The molecule has 1 atom stereocenters. The topological polar surface area (TPSA) is 32.3 Å². The Morgan fingerprint density at radius 1 is 1.22 bits per heavy atom. The van der Waals surface area contributed by atoms with Gasteiger partial charge in [0.25, 0.3) is 0 Å². The van der Waals surface area contributed by atoms with E-state index in [0.29, 0.717) is 5.02 Å². The molecule has 122 valence electrons. The molecule has 1 amide bonds. The van der Waals surface area contributed by atoms with Gasteiger partial charge in [-0.25, -0.2) is 8.78 Å². The highest BCUT2D eigenvalue weighted by molar-refractivity contribution is 6.30. The van der Waals surface area contributed by atoms with Gasteiger partial charge in [0, 0.05) is 12.1 Å². The normalized spacial score (nSPS) is 11.9. The van der Waals surface area contributed by atoms with E-state index in [1.54, 1.807) is 25.2 Å². The second-order valence-corrected chi connectivity index (χ2v) is 5.65. The maximum Gasteiger partial charge on any atom is 0.242 e. The number of nitrogens with one attached hydrogen (secondary N) is 1. The van der Waals surface area contributed by atoms with Crippen LogP contribution in [0.2, 0.25) is 5.02 Å². The van der Waals surface area contributed by atoms with Crippen molar-refractivity contribution in [1.82, 2.24) is 4.90 Å². The molecule has 0 aliphatic rings. The number of anilines is 1. The van der Waals surface area contributed by atoms with Crippen molar-refractivity contribution >= 4 is 23.2 Å². The van der Waals surface area contributed by atoms with Gasteiger partial charge in [0.05, 0.1) is 18.3 Å². The number of halogens is 3. The van der Waals surface area contributed by atoms with Crippen molar-refractivity contribution in [3.63, 3.8) is 0 Å². The highest BCUT2D eigenvalue weighted by Crippen LogP contribution is 2.21. The van der Waals surface area contributed by atoms with Gasteiger partial charge in [-0.3, -0.25) is 4.79 Å². The Labute approximate surface area is 138 Å². The smallest absolute Gasteiger partial charge is 0.242 e. The van der Waals surface area contributed by atoms with Gasteiger partial charge >= 0.3 is 0 Å². The van der Waals surface area contributed by atoms with E-state index >= 15 is 0 Å². The lowest BCUT2D eigenvalue weighted by atomic mass is 10.1. The minimum absolute atomic E-state index is 0.0550. The molecule has 0 aliphatic carbocycles. The summed E-state index contributed by atoms with van der Waals surface area (Å²) in [6.07, 6.45) is 0. The third-order valence-corrected chi connectivity index (χ3v) is 3.92. The first kappa shape index (κ1) is 17.2. The van der Waals surface area contributed by atoms with E-state index in [1.807, 2.05) is 6.92 Å². The molecule has 2 rings (SSSR count). The molecule has 0 saturated carbocycles. The Bertz CT molecular complexity index is 691. The zero-order valence-electron chi connectivity index (χ0n) is 12.8. The van der Waals surface area contributed by atoms with Gasteiger partial charge in [-0.05, 0) is 42.8 Å². The van der Waals surface area contributed by atoms with Crippen LogP contribution in [0.3, 0.4) is 0 Å². The van der Waals surface area contributed by atoms with E-state index in [4.69, 9.17) is 11.6 Å². The van der Waals surface area contributed by atoms with Crippen molar-refractivity contribution in [3.05, 3.63) is 64.7 Å². The second kappa shape index (κ2) is 7.42. The van der Waals surface area contributed by atoms with Crippen LogP contribution in [-0.4, -0.2) is 24.4 Å². The summed E-state index contributed by atoms with van der Waals surface area (Å²) in [5.41, 5.74) is 1.03. The van der Waals surface area contributed by atoms with Crippen molar-refractivity contribution in [2.24, 2.45) is 0 Å². The summed E-state index contributed by atoms with van der Waals surface area (Å²) < 4.78 is 26.6. The van der Waals surface area contributed by atoms with E-state index < -0.39 is 5.82 Å². The molecule has 0 aliphatic heterocycles. The largest absolute Gasteiger partial charge is 0.374 e. The van der Waals surface area contributed by atoms with Gasteiger partial charge in [-0.1, -0.05) is 23.7 Å². The Kier molecular flexibility index (Phi) is 5.55. The SMILES string of the molecule is CC(c1ccc(F)cc1)N(C)C(=O)CNc1ccc(Cl)cc1F. The third kappa shape index (κ3) is 4.42. The summed E-state index contributed by atoms with van der Waals surface area (Å²) in [4.78, 5) is 13.7. The van der Waals surface area contributed by atoms with Crippen molar-refractivity contribution < 1.29 is 13.6 Å². The fourth-order valence-corrected chi connectivity index (χ4v) is 2.27. The molecule has 1 unspecified atom stereocenters. The number of nitrogens with zero attached hydrogens (tertiary/aromatic N) is 1. The van der Waals surface area contributed by atoms with E-state index in [1.165, 1.54) is 29.2 Å². The molecule has 1 N–H and O–H groups in total. The minimum atomic E-state index is -0.514. The fourth-order valence-electron chi connectivity index (χ4n) is 2.11. The monoisotopic (exact) mass is 338 g/mol. The number of likely N-dealkylation sites (N-methyl/N-ethyl adjacent to an activating group) is 1. The van der Waals surface area contributed by atoms with Crippen LogP contribution in [0.4, 0.5) is 14.5 Å². The van der Waals surface area contributed by atoms with Gasteiger partial charge in [-0.15, -0.1) is 0 Å². The predicted octanol–water partition coefficient (Wildman–Crippen LogP) is 4.25. The third-order valence-electron chi connectivity index (χ3n) is 3.69. The molecule has 2 aromatic rings. The van der Waals surface area contributed by atoms with Crippen molar-refractivity contribution in [2.45, 2.75) is 13.0 Å². The summed E-state index contributed by atoms with van der Waals surface area (Å²) in [7, 11) is 1.65. The molecule has 0 radical (unpaired) electrons. The number of carbonyl (C=O) groups is 1. The lowest BCUT2D eigenvalue weighted by Gasteiger charge is -2.25. The molecule has 0 heterocycles. The summed E-state index contributed by atoms with van der Waals surface area (Å²) in [5, 5.41) is 3.04. The zero-order chi connectivity index (χ0) is 17.0. The number of hydrogen-bond acceptors (Lipinski definition) is 2. The lowest BCUT2D eigenvalue weighted by Crippen LogP contribution is -2.34. The number of amides is 1. The van der Waals surface area contributed by atoms with Gasteiger partial charge in [0.2, 0.25) is 5.91 Å². The van der Waals surface area contributed by atoms with Crippen LogP contribution in [0.15, 0.2) is 42.5 Å². The van der Waals surface area contributed by atoms with E-state index in [0.717, 1.165) is 5.56 Å². The first-order valence-electron chi connectivity index (χ1n) is 7.08. The first-order chi connectivity index (χ1) is 10.9. The maximum absolute atomic E-state index is 13.7. The van der Waals surface area contributed by atoms with Crippen LogP contribution < -0.4 is 5.32 Å². The highest BCUT2D eigenvalue weighted by Gasteiger charge is 2.17. The standard InChI is InChI=1S/C17H17ClF2N2O/c1-11(12-3-6-14(19)7-4-12)22(2)17(23)10-21-16-8-5-13(18)9-15(16)20/h3-9,11,21H,10H2,1-2H3. The van der Waals surface area contributed by atoms with Crippen molar-refractivity contribution in [2.75, 3.05) is 18.9 Å². The first-order valence-corrected chi connectivity index (χ1v) is 7.46. The molecule has 6 heteroatoms. The quantitative estimate of drug-likeness (QED) is 0.884. The molecule has 23 heavy (non-hydrogen) atoms. The van der Waals surface area contributed by atoms with E-state index in [2.05, 4.69) is 5.32 Å². The van der Waals surface area contributed by atoms with Crippen LogP contribution in [0.5, 0.6) is 0 Å². The Balaban J connectivity index is 1.98. The summed E-state index contributed by atoms with van der Waals surface area (Å²) in [6, 6.07) is 9.96. The molecule has 0 bridgehead atoms. The van der Waals surface area contributed by atoms with Crippen molar-refractivity contribution in [3.8, 4) is 0 Å². The van der Waals surface area contributed by atoms with E-state index in [9.17, 15) is 13.6 Å². The maximum atomic E-state index is 13.7. The van der Waals surface area contributed by atoms with Crippen LogP contribution in [0, 0.1) is 11.6 Å². The molecule has 0 saturated heterocycles. The molecule has 0 spiro atoms.